The molecule has 1 aliphatic carbocycles. The van der Waals surface area contributed by atoms with E-state index in [0.29, 0.717) is 24.7 Å². The molecule has 0 unspecified atom stereocenters. The second-order valence-electron chi connectivity index (χ2n) is 5.06. The highest BCUT2D eigenvalue weighted by Crippen LogP contribution is 2.24. The maximum atomic E-state index is 13.4. The number of rotatable bonds is 5. The van der Waals surface area contributed by atoms with Gasteiger partial charge in [0.25, 0.3) is 0 Å². The molecule has 2 rings (SSSR count). The van der Waals surface area contributed by atoms with Crippen LogP contribution in [0.1, 0.15) is 37.7 Å². The first-order valence-electron chi connectivity index (χ1n) is 6.67. The van der Waals surface area contributed by atoms with E-state index in [2.05, 4.69) is 0 Å². The van der Waals surface area contributed by atoms with Crippen LogP contribution in [-0.2, 0) is 11.3 Å². The van der Waals surface area contributed by atoms with Crippen molar-refractivity contribution in [2.45, 2.75) is 38.7 Å². The molecule has 0 aromatic heterocycles. The Balaban J connectivity index is 1.82. The Morgan fingerprint density at radius 1 is 1.32 bits per heavy atom. The molecule has 0 amide bonds. The van der Waals surface area contributed by atoms with Crippen molar-refractivity contribution in [2.75, 3.05) is 6.61 Å². The topological polar surface area (TPSA) is 52.4 Å². The first-order chi connectivity index (χ1) is 9.16. The molecule has 1 fully saturated rings. The van der Waals surface area contributed by atoms with Crippen LogP contribution in [0.3, 0.4) is 0 Å². The van der Waals surface area contributed by atoms with Gasteiger partial charge in [-0.3, -0.25) is 10.1 Å². The number of ether oxygens (including phenoxy) is 1. The molecular weight excluding hydrogens is 249 g/mol. The minimum atomic E-state index is -0.802. The molecule has 0 N–H and O–H groups in total. The summed E-state index contributed by atoms with van der Waals surface area (Å²) in [4.78, 5) is 9.77. The molecule has 0 spiro atoms. The second-order valence-corrected chi connectivity index (χ2v) is 5.06. The fourth-order valence-electron chi connectivity index (χ4n) is 2.49. The van der Waals surface area contributed by atoms with Crippen molar-refractivity contribution in [1.82, 2.24) is 0 Å². The summed E-state index contributed by atoms with van der Waals surface area (Å²) in [5, 5.41) is 10.5. The predicted octanol–water partition coefficient (Wildman–Crippen LogP) is 3.83. The van der Waals surface area contributed by atoms with E-state index in [0.717, 1.165) is 0 Å². The lowest BCUT2D eigenvalue weighted by atomic mass is 9.90. The first-order valence-corrected chi connectivity index (χ1v) is 6.67. The zero-order chi connectivity index (χ0) is 13.7. The van der Waals surface area contributed by atoms with E-state index in [9.17, 15) is 14.5 Å². The minimum Gasteiger partial charge on any atom is -0.376 e. The van der Waals surface area contributed by atoms with Gasteiger partial charge in [-0.05, 0) is 36.5 Å². The van der Waals surface area contributed by atoms with E-state index in [1.807, 2.05) is 0 Å². The summed E-state index contributed by atoms with van der Waals surface area (Å²) >= 11 is 0. The molecule has 0 radical (unpaired) electrons. The Hall–Kier alpha value is -1.49. The van der Waals surface area contributed by atoms with Crippen LogP contribution in [0.4, 0.5) is 10.1 Å². The van der Waals surface area contributed by atoms with Gasteiger partial charge in [0, 0.05) is 12.7 Å². The quantitative estimate of drug-likeness (QED) is 0.601. The average Bonchev–Trinajstić information content (AvgIpc) is 2.39. The number of halogens is 1. The minimum absolute atomic E-state index is 0.311. The maximum absolute atomic E-state index is 13.4. The molecule has 1 aromatic rings. The lowest BCUT2D eigenvalue weighted by molar-refractivity contribution is -0.387. The standard InChI is InChI=1S/C14H18FNO3/c15-13-8-12(6-7-14(13)16(17)18)10-19-9-11-4-2-1-3-5-11/h6-8,11H,1-5,9-10H2. The number of hydrogen-bond acceptors (Lipinski definition) is 3. The summed E-state index contributed by atoms with van der Waals surface area (Å²) in [6.45, 7) is 1.00. The van der Waals surface area contributed by atoms with Crippen LogP contribution < -0.4 is 0 Å². The molecule has 0 aliphatic heterocycles. The summed E-state index contributed by atoms with van der Waals surface area (Å²) in [6, 6.07) is 3.91. The number of hydrogen-bond donors (Lipinski definition) is 0. The third-order valence-corrected chi connectivity index (χ3v) is 3.56. The van der Waals surface area contributed by atoms with Gasteiger partial charge in [-0.15, -0.1) is 0 Å². The molecular formula is C14H18FNO3. The van der Waals surface area contributed by atoms with Crippen molar-refractivity contribution in [1.29, 1.82) is 0 Å². The van der Waals surface area contributed by atoms with E-state index in [1.165, 1.54) is 44.2 Å². The normalized spacial score (nSPS) is 16.5. The smallest absolute Gasteiger partial charge is 0.304 e. The van der Waals surface area contributed by atoms with Gasteiger partial charge in [-0.25, -0.2) is 0 Å². The SMILES string of the molecule is O=[N+]([O-])c1ccc(COCC2CCCCC2)cc1F. The van der Waals surface area contributed by atoms with Crippen LogP contribution in [0.15, 0.2) is 18.2 Å². The third kappa shape index (κ3) is 3.99. The molecule has 1 aromatic carbocycles. The van der Waals surface area contributed by atoms with Crippen molar-refractivity contribution >= 4 is 5.69 Å². The summed E-state index contributed by atoms with van der Waals surface area (Å²) < 4.78 is 19.0. The summed E-state index contributed by atoms with van der Waals surface area (Å²) in [5.74, 6) is -0.194. The fourth-order valence-corrected chi connectivity index (χ4v) is 2.49. The molecule has 4 nitrogen and oxygen atoms in total. The third-order valence-electron chi connectivity index (χ3n) is 3.56. The average molecular weight is 267 g/mol. The van der Waals surface area contributed by atoms with E-state index < -0.39 is 16.4 Å². The van der Waals surface area contributed by atoms with E-state index in [1.54, 1.807) is 6.07 Å². The van der Waals surface area contributed by atoms with Gasteiger partial charge >= 0.3 is 5.69 Å². The van der Waals surface area contributed by atoms with Gasteiger partial charge < -0.3 is 4.74 Å². The first kappa shape index (κ1) is 13.9. The van der Waals surface area contributed by atoms with Crippen molar-refractivity contribution in [3.8, 4) is 0 Å². The summed E-state index contributed by atoms with van der Waals surface area (Å²) in [7, 11) is 0. The van der Waals surface area contributed by atoms with Crippen LogP contribution in [0.25, 0.3) is 0 Å². The number of benzene rings is 1. The monoisotopic (exact) mass is 267 g/mol. The van der Waals surface area contributed by atoms with Crippen LogP contribution in [0, 0.1) is 21.8 Å². The molecule has 1 aliphatic rings. The van der Waals surface area contributed by atoms with Crippen LogP contribution >= 0.6 is 0 Å². The highest BCUT2D eigenvalue weighted by Gasteiger charge is 2.15. The summed E-state index contributed by atoms with van der Waals surface area (Å²) in [6.07, 6.45) is 6.24. The molecule has 0 atom stereocenters. The van der Waals surface area contributed by atoms with E-state index >= 15 is 0 Å². The van der Waals surface area contributed by atoms with Crippen molar-refractivity contribution < 1.29 is 14.1 Å². The molecule has 1 saturated carbocycles. The lowest BCUT2D eigenvalue weighted by Gasteiger charge is -2.21. The number of nitro groups is 1. The van der Waals surface area contributed by atoms with Crippen LogP contribution in [0.5, 0.6) is 0 Å². The maximum Gasteiger partial charge on any atom is 0.304 e. The Kier molecular flexibility index (Phi) is 4.85. The van der Waals surface area contributed by atoms with E-state index in [-0.39, 0.29) is 0 Å². The Bertz CT molecular complexity index is 444. The fraction of sp³-hybridized carbons (Fsp3) is 0.571. The second kappa shape index (κ2) is 6.61. The molecule has 0 heterocycles. The number of nitrogens with zero attached hydrogens (tertiary/aromatic N) is 1. The largest absolute Gasteiger partial charge is 0.376 e. The Labute approximate surface area is 111 Å². The van der Waals surface area contributed by atoms with Gasteiger partial charge in [-0.1, -0.05) is 19.3 Å². The Morgan fingerprint density at radius 2 is 2.05 bits per heavy atom. The molecule has 0 saturated heterocycles. The van der Waals surface area contributed by atoms with Crippen molar-refractivity contribution in [2.24, 2.45) is 5.92 Å². The van der Waals surface area contributed by atoms with Crippen LogP contribution in [-0.4, -0.2) is 11.5 Å². The van der Waals surface area contributed by atoms with Gasteiger partial charge in [0.1, 0.15) is 0 Å². The summed E-state index contributed by atoms with van der Waals surface area (Å²) in [5.41, 5.74) is 0.148. The Morgan fingerprint density at radius 3 is 2.68 bits per heavy atom. The van der Waals surface area contributed by atoms with Gasteiger partial charge in [-0.2, -0.15) is 4.39 Å². The zero-order valence-electron chi connectivity index (χ0n) is 10.8. The van der Waals surface area contributed by atoms with Gasteiger partial charge in [0.2, 0.25) is 5.82 Å². The van der Waals surface area contributed by atoms with Crippen molar-refractivity contribution in [3.05, 3.63) is 39.7 Å². The molecule has 104 valence electrons. The molecule has 5 heteroatoms. The molecule has 0 bridgehead atoms. The zero-order valence-corrected chi connectivity index (χ0v) is 10.8. The van der Waals surface area contributed by atoms with E-state index in [4.69, 9.17) is 4.74 Å². The number of nitro benzene ring substituents is 1. The highest BCUT2D eigenvalue weighted by atomic mass is 19.1. The molecule has 19 heavy (non-hydrogen) atoms. The van der Waals surface area contributed by atoms with Gasteiger partial charge in [0.15, 0.2) is 0 Å². The van der Waals surface area contributed by atoms with Crippen LogP contribution in [0.2, 0.25) is 0 Å². The predicted molar refractivity (Wildman–Crippen MR) is 69.3 cm³/mol. The van der Waals surface area contributed by atoms with Crippen molar-refractivity contribution in [3.63, 3.8) is 0 Å². The van der Waals surface area contributed by atoms with Gasteiger partial charge in [0.05, 0.1) is 11.5 Å². The highest BCUT2D eigenvalue weighted by molar-refractivity contribution is 5.34. The lowest BCUT2D eigenvalue weighted by Crippen LogP contribution is -2.13.